The first kappa shape index (κ1) is 31.4. The number of thioether (sulfide) groups is 1. The number of fused-ring (bicyclic) bond motifs is 1. The van der Waals surface area contributed by atoms with Crippen molar-refractivity contribution in [2.45, 2.75) is 81.4 Å². The van der Waals surface area contributed by atoms with Crippen molar-refractivity contribution in [1.82, 2.24) is 9.80 Å². The van der Waals surface area contributed by atoms with E-state index >= 15 is 0 Å². The van der Waals surface area contributed by atoms with E-state index in [-0.39, 0.29) is 30.2 Å². The maximum absolute atomic E-state index is 14.6. The lowest BCUT2D eigenvalue weighted by Crippen LogP contribution is -2.58. The van der Waals surface area contributed by atoms with Crippen LogP contribution in [0.3, 0.4) is 0 Å². The van der Waals surface area contributed by atoms with Crippen LogP contribution in [0.2, 0.25) is 0 Å². The normalized spacial score (nSPS) is 29.0. The number of amides is 3. The molecule has 0 aliphatic carbocycles. The van der Waals surface area contributed by atoms with E-state index in [4.69, 9.17) is 0 Å². The molecular formula is C33H47N3O4S. The van der Waals surface area contributed by atoms with E-state index in [9.17, 15) is 19.5 Å². The number of para-hydroxylation sites is 1. The summed E-state index contributed by atoms with van der Waals surface area (Å²) in [6, 6.07) is 8.26. The van der Waals surface area contributed by atoms with Gasteiger partial charge in [-0.25, -0.2) is 0 Å². The zero-order valence-electron chi connectivity index (χ0n) is 25.1. The number of hydrogen-bond donors (Lipinski definition) is 1. The number of carbonyl (C=O) groups excluding carboxylic acids is 3. The molecule has 1 aromatic rings. The average molecular weight is 582 g/mol. The number of benzene rings is 1. The van der Waals surface area contributed by atoms with E-state index in [1.54, 1.807) is 33.7 Å². The maximum atomic E-state index is 14.6. The van der Waals surface area contributed by atoms with Crippen molar-refractivity contribution in [3.63, 3.8) is 0 Å². The van der Waals surface area contributed by atoms with Gasteiger partial charge in [-0.15, -0.1) is 24.9 Å². The number of carbonyl (C=O) groups is 3. The van der Waals surface area contributed by atoms with Crippen LogP contribution in [0.4, 0.5) is 5.69 Å². The van der Waals surface area contributed by atoms with Gasteiger partial charge in [0.15, 0.2) is 0 Å². The minimum absolute atomic E-state index is 0.0593. The van der Waals surface area contributed by atoms with Crippen molar-refractivity contribution in [2.24, 2.45) is 17.8 Å². The Labute approximate surface area is 250 Å². The van der Waals surface area contributed by atoms with Gasteiger partial charge in [0, 0.05) is 30.1 Å². The molecule has 2 bridgehead atoms. The number of rotatable bonds is 14. The van der Waals surface area contributed by atoms with Crippen molar-refractivity contribution >= 4 is 35.2 Å². The highest BCUT2D eigenvalue weighted by Crippen LogP contribution is 2.72. The van der Waals surface area contributed by atoms with Crippen LogP contribution in [0, 0.1) is 17.8 Å². The lowest BCUT2D eigenvalue weighted by molar-refractivity contribution is -0.146. The fraction of sp³-hybridized carbons (Fsp3) is 0.606. The molecule has 0 aromatic heterocycles. The Kier molecular flexibility index (Phi) is 9.74. The number of aliphatic hydroxyl groups excluding tert-OH is 1. The zero-order valence-corrected chi connectivity index (χ0v) is 25.9. The molecule has 3 amide bonds. The average Bonchev–Trinajstić information content (AvgIpc) is 3.52. The summed E-state index contributed by atoms with van der Waals surface area (Å²) < 4.78 is -1.21. The molecule has 6 atom stereocenters. The number of unbranched alkanes of at least 4 members (excludes halogenated alkanes) is 2. The molecule has 3 aliphatic rings. The second kappa shape index (κ2) is 12.7. The Hall–Kier alpha value is -2.58. The van der Waals surface area contributed by atoms with Gasteiger partial charge in [0.1, 0.15) is 6.04 Å². The summed E-state index contributed by atoms with van der Waals surface area (Å²) in [4.78, 5) is 49.0. The first-order valence-electron chi connectivity index (χ1n) is 15.1. The predicted octanol–water partition coefficient (Wildman–Crippen LogP) is 4.91. The number of aliphatic hydroxyl groups is 1. The number of nitrogens with zero attached hydrogens (tertiary/aromatic N) is 3. The van der Waals surface area contributed by atoms with Gasteiger partial charge in [0.25, 0.3) is 0 Å². The number of likely N-dealkylation sites (tertiary alicyclic amines) is 1. The highest BCUT2D eigenvalue weighted by atomic mass is 32.2. The summed E-state index contributed by atoms with van der Waals surface area (Å²) in [6.45, 7) is 17.0. The van der Waals surface area contributed by atoms with Gasteiger partial charge in [-0.3, -0.25) is 14.4 Å². The van der Waals surface area contributed by atoms with Crippen molar-refractivity contribution in [1.29, 1.82) is 0 Å². The van der Waals surface area contributed by atoms with Gasteiger partial charge in [0.05, 0.1) is 29.2 Å². The molecule has 3 heterocycles. The molecule has 1 N–H and O–H groups in total. The van der Waals surface area contributed by atoms with E-state index in [0.29, 0.717) is 26.1 Å². The zero-order chi connectivity index (χ0) is 29.9. The van der Waals surface area contributed by atoms with Crippen LogP contribution >= 0.6 is 11.8 Å². The molecule has 41 heavy (non-hydrogen) atoms. The van der Waals surface area contributed by atoms with Crippen molar-refractivity contribution in [3.05, 3.63) is 55.6 Å². The largest absolute Gasteiger partial charge is 0.394 e. The quantitative estimate of drug-likeness (QED) is 0.250. The fourth-order valence-electron chi connectivity index (χ4n) is 7.40. The molecule has 7 nitrogen and oxygen atoms in total. The molecule has 1 spiro atoms. The smallest absolute Gasteiger partial charge is 0.247 e. The van der Waals surface area contributed by atoms with Crippen LogP contribution in [0.25, 0.3) is 0 Å². The summed E-state index contributed by atoms with van der Waals surface area (Å²) in [6.07, 6.45) is 7.80. The van der Waals surface area contributed by atoms with Crippen LogP contribution in [0.5, 0.6) is 0 Å². The Morgan fingerprint density at radius 2 is 1.80 bits per heavy atom. The highest BCUT2D eigenvalue weighted by Gasteiger charge is 2.78. The second-order valence-electron chi connectivity index (χ2n) is 12.3. The molecule has 4 rings (SSSR count). The molecule has 3 aliphatic heterocycles. The van der Waals surface area contributed by atoms with Crippen molar-refractivity contribution in [3.8, 4) is 0 Å². The Morgan fingerprint density at radius 1 is 1.12 bits per heavy atom. The van der Waals surface area contributed by atoms with Gasteiger partial charge in [-0.2, -0.15) is 0 Å². The summed E-state index contributed by atoms with van der Waals surface area (Å²) in [5.41, 5.74) is 0.765. The van der Waals surface area contributed by atoms with Crippen LogP contribution in [0.1, 0.15) is 59.8 Å². The van der Waals surface area contributed by atoms with Crippen LogP contribution < -0.4 is 4.90 Å². The van der Waals surface area contributed by atoms with Gasteiger partial charge in [-0.05, 0) is 44.2 Å². The van der Waals surface area contributed by atoms with Crippen molar-refractivity contribution in [2.75, 3.05) is 31.1 Å². The molecule has 3 fully saturated rings. The molecular weight excluding hydrogens is 534 g/mol. The summed E-state index contributed by atoms with van der Waals surface area (Å²) in [7, 11) is 0. The van der Waals surface area contributed by atoms with Gasteiger partial charge in [0.2, 0.25) is 17.7 Å². The maximum Gasteiger partial charge on any atom is 0.247 e. The van der Waals surface area contributed by atoms with Crippen LogP contribution in [-0.2, 0) is 14.4 Å². The lowest BCUT2D eigenvalue weighted by Gasteiger charge is -2.40. The second-order valence-corrected chi connectivity index (χ2v) is 14.2. The van der Waals surface area contributed by atoms with Crippen molar-refractivity contribution < 1.29 is 19.5 Å². The Bertz CT molecular complexity index is 1140. The summed E-state index contributed by atoms with van der Waals surface area (Å²) in [5, 5.41) is 10.5. The topological polar surface area (TPSA) is 81.2 Å². The SMILES string of the molecule is C=CCN(CCCCC)C(=O)C1N([C@@H](CO)C(C)C)C(=O)[C@@H]2[C@@H](C(=O)N(CC=C)c3ccccc3)[C@@]3(C)CCC12S3. The molecule has 1 aromatic carbocycles. The lowest BCUT2D eigenvalue weighted by atomic mass is 9.66. The van der Waals surface area contributed by atoms with Gasteiger partial charge >= 0.3 is 0 Å². The first-order valence-corrected chi connectivity index (χ1v) is 15.9. The molecule has 3 saturated heterocycles. The van der Waals surface area contributed by atoms with Gasteiger partial charge < -0.3 is 19.8 Å². The molecule has 0 radical (unpaired) electrons. The summed E-state index contributed by atoms with van der Waals surface area (Å²) >= 11 is 1.68. The standard InChI is InChI=1S/C33H47N3O4S/c1-7-10-14-21-34(19-8-2)31(40)28-33-18-17-32(6,41-33)26(27(33)30(39)36(28)25(22-37)23(4)5)29(38)35(20-9-3)24-15-12-11-13-16-24/h8-9,11-13,15-16,23,25-28,37H,2-3,7,10,14,17-22H2,1,4-6H3/t25-,26-,27-,28?,32+,33?/m0/s1. The third-order valence-electron chi connectivity index (χ3n) is 9.37. The first-order chi connectivity index (χ1) is 19.6. The third-order valence-corrected chi connectivity index (χ3v) is 11.4. The number of anilines is 1. The molecule has 224 valence electrons. The minimum Gasteiger partial charge on any atom is -0.394 e. The molecule has 8 heteroatoms. The third kappa shape index (κ3) is 5.38. The fourth-order valence-corrected chi connectivity index (χ4v) is 9.73. The minimum atomic E-state index is -0.740. The Balaban J connectivity index is 1.81. The van der Waals surface area contributed by atoms with E-state index in [2.05, 4.69) is 27.0 Å². The Morgan fingerprint density at radius 3 is 2.39 bits per heavy atom. The highest BCUT2D eigenvalue weighted by molar-refractivity contribution is 8.02. The van der Waals surface area contributed by atoms with E-state index < -0.39 is 33.4 Å². The number of hydrogen-bond acceptors (Lipinski definition) is 5. The summed E-state index contributed by atoms with van der Waals surface area (Å²) in [5.74, 6) is -1.66. The van der Waals surface area contributed by atoms with E-state index in [0.717, 1.165) is 31.4 Å². The molecule has 0 saturated carbocycles. The molecule has 2 unspecified atom stereocenters. The predicted molar refractivity (Wildman–Crippen MR) is 167 cm³/mol. The van der Waals surface area contributed by atoms with Crippen LogP contribution in [0.15, 0.2) is 55.6 Å². The monoisotopic (exact) mass is 581 g/mol. The van der Waals surface area contributed by atoms with E-state index in [1.165, 1.54) is 0 Å². The van der Waals surface area contributed by atoms with Gasteiger partial charge in [-0.1, -0.05) is 64.0 Å². The van der Waals surface area contributed by atoms with Crippen LogP contribution in [-0.4, -0.2) is 80.4 Å². The van der Waals surface area contributed by atoms with E-state index in [1.807, 2.05) is 49.1 Å².